The fourth-order valence-corrected chi connectivity index (χ4v) is 4.42. The Morgan fingerprint density at radius 3 is 2.52 bits per heavy atom. The third-order valence-electron chi connectivity index (χ3n) is 3.52. The normalized spacial score (nSPS) is 18.1. The molecule has 25 heavy (non-hydrogen) atoms. The van der Waals surface area contributed by atoms with Crippen molar-refractivity contribution >= 4 is 57.5 Å². The van der Waals surface area contributed by atoms with Crippen LogP contribution in [-0.2, 0) is 4.79 Å². The summed E-state index contributed by atoms with van der Waals surface area (Å²) in [5.41, 5.74) is 0.793. The number of thioether (sulfide) groups is 1. The maximum absolute atomic E-state index is 12.8. The molecular weight excluding hydrogens is 372 g/mol. The summed E-state index contributed by atoms with van der Waals surface area (Å²) in [6.07, 6.45) is 1.96. The molecule has 0 N–H and O–H groups in total. The lowest BCUT2D eigenvalue weighted by Crippen LogP contribution is -2.32. The second kappa shape index (κ2) is 7.77. The molecule has 0 unspecified atom stereocenters. The Hall–Kier alpha value is -1.56. The number of aliphatic imine (C=N–C) groups is 1. The van der Waals surface area contributed by atoms with Crippen LogP contribution in [0.15, 0.2) is 46.3 Å². The molecule has 0 radical (unpaired) electrons. The second-order valence-electron chi connectivity index (χ2n) is 6.24. The van der Waals surface area contributed by atoms with Gasteiger partial charge in [-0.2, -0.15) is 0 Å². The number of amidine groups is 1. The van der Waals surface area contributed by atoms with E-state index in [-0.39, 0.29) is 5.91 Å². The van der Waals surface area contributed by atoms with E-state index in [0.29, 0.717) is 17.5 Å². The van der Waals surface area contributed by atoms with Crippen LogP contribution in [0.5, 0.6) is 0 Å². The molecule has 1 aliphatic heterocycles. The van der Waals surface area contributed by atoms with Crippen molar-refractivity contribution < 1.29 is 4.79 Å². The summed E-state index contributed by atoms with van der Waals surface area (Å²) in [6, 6.07) is 11.4. The molecule has 0 saturated carbocycles. The molecule has 1 aliphatic rings. The lowest BCUT2D eigenvalue weighted by molar-refractivity contribution is -0.122. The van der Waals surface area contributed by atoms with Crippen molar-refractivity contribution in [2.45, 2.75) is 20.8 Å². The first-order valence-electron chi connectivity index (χ1n) is 8.04. The van der Waals surface area contributed by atoms with E-state index in [2.05, 4.69) is 31.8 Å². The quantitative estimate of drug-likeness (QED) is 0.602. The Morgan fingerprint density at radius 2 is 1.92 bits per heavy atom. The Bertz CT molecular complexity index is 837. The molecule has 1 fully saturated rings. The summed E-state index contributed by atoms with van der Waals surface area (Å²) in [4.78, 5) is 22.3. The molecule has 0 bridgehead atoms. The highest BCUT2D eigenvalue weighted by molar-refractivity contribution is 8.18. The number of carbonyl (C=O) groups excluding carboxylic acids is 1. The van der Waals surface area contributed by atoms with Crippen LogP contribution >= 0.6 is 34.7 Å². The summed E-state index contributed by atoms with van der Waals surface area (Å²) < 4.78 is 0. The van der Waals surface area contributed by atoms with Crippen LogP contribution in [-0.4, -0.2) is 22.5 Å². The lowest BCUT2D eigenvalue weighted by atomic mass is 10.2. The number of nitrogens with zero attached hydrogens (tertiary/aromatic N) is 2. The Morgan fingerprint density at radius 1 is 1.20 bits per heavy atom. The predicted molar refractivity (Wildman–Crippen MR) is 110 cm³/mol. The fraction of sp³-hybridized carbons (Fsp3) is 0.263. The number of carbonyl (C=O) groups is 1. The lowest BCUT2D eigenvalue weighted by Gasteiger charge is -2.17. The molecule has 1 saturated heterocycles. The zero-order chi connectivity index (χ0) is 18.0. The molecule has 130 valence electrons. The number of thiophene rings is 1. The summed E-state index contributed by atoms with van der Waals surface area (Å²) >= 11 is 9.05. The Balaban J connectivity index is 1.93. The first-order chi connectivity index (χ1) is 11.9. The van der Waals surface area contributed by atoms with Crippen molar-refractivity contribution in [1.29, 1.82) is 0 Å². The highest BCUT2D eigenvalue weighted by Gasteiger charge is 2.33. The van der Waals surface area contributed by atoms with Gasteiger partial charge in [-0.3, -0.25) is 9.69 Å². The minimum Gasteiger partial charge on any atom is -0.286 e. The van der Waals surface area contributed by atoms with Crippen LogP contribution in [0.25, 0.3) is 6.08 Å². The molecule has 1 aromatic carbocycles. The van der Waals surface area contributed by atoms with Crippen LogP contribution in [0, 0.1) is 12.8 Å². The van der Waals surface area contributed by atoms with Gasteiger partial charge in [-0.1, -0.05) is 25.4 Å². The zero-order valence-electron chi connectivity index (χ0n) is 14.3. The SMILES string of the molecule is Cc1ccc(/C=C2\SC(=Nc3ccc(Cl)cc3)N(CC(C)C)C2=O)s1. The van der Waals surface area contributed by atoms with Gasteiger partial charge < -0.3 is 0 Å². The van der Waals surface area contributed by atoms with Gasteiger partial charge in [0.1, 0.15) is 0 Å². The molecule has 0 spiro atoms. The zero-order valence-corrected chi connectivity index (χ0v) is 16.7. The van der Waals surface area contributed by atoms with E-state index in [4.69, 9.17) is 11.6 Å². The molecule has 3 nitrogen and oxygen atoms in total. The van der Waals surface area contributed by atoms with Gasteiger partial charge in [-0.15, -0.1) is 11.3 Å². The molecule has 0 atom stereocenters. The van der Waals surface area contributed by atoms with Gasteiger partial charge in [0, 0.05) is 21.3 Å². The highest BCUT2D eigenvalue weighted by atomic mass is 35.5. The maximum atomic E-state index is 12.8. The average molecular weight is 391 g/mol. The number of halogens is 1. The first-order valence-corrected chi connectivity index (χ1v) is 10.1. The monoisotopic (exact) mass is 390 g/mol. The van der Waals surface area contributed by atoms with Gasteiger partial charge >= 0.3 is 0 Å². The van der Waals surface area contributed by atoms with Crippen LogP contribution in [0.1, 0.15) is 23.6 Å². The van der Waals surface area contributed by atoms with E-state index in [1.54, 1.807) is 28.4 Å². The molecule has 3 rings (SSSR count). The summed E-state index contributed by atoms with van der Waals surface area (Å²) in [5.74, 6) is 0.390. The number of hydrogen-bond acceptors (Lipinski definition) is 4. The Labute approximate surface area is 161 Å². The van der Waals surface area contributed by atoms with Crippen LogP contribution < -0.4 is 0 Å². The van der Waals surface area contributed by atoms with Crippen molar-refractivity contribution in [1.82, 2.24) is 4.90 Å². The number of hydrogen-bond donors (Lipinski definition) is 0. The molecule has 1 amide bonds. The van der Waals surface area contributed by atoms with E-state index < -0.39 is 0 Å². The third kappa shape index (κ3) is 4.54. The summed E-state index contributed by atoms with van der Waals surface area (Å²) in [5, 5.41) is 1.40. The van der Waals surface area contributed by atoms with E-state index in [9.17, 15) is 4.79 Å². The Kier molecular flexibility index (Phi) is 5.67. The van der Waals surface area contributed by atoms with Gasteiger partial charge in [0.2, 0.25) is 0 Å². The van der Waals surface area contributed by atoms with Gasteiger partial charge in [0.25, 0.3) is 5.91 Å². The number of benzene rings is 1. The minimum atomic E-state index is 0.0254. The van der Waals surface area contributed by atoms with Crippen molar-refractivity contribution in [2.24, 2.45) is 10.9 Å². The molecule has 6 heteroatoms. The van der Waals surface area contributed by atoms with Crippen LogP contribution in [0.2, 0.25) is 5.02 Å². The molecule has 2 aromatic rings. The van der Waals surface area contributed by atoms with Gasteiger partial charge in [0.15, 0.2) is 5.17 Å². The van der Waals surface area contributed by atoms with Crippen LogP contribution in [0.3, 0.4) is 0 Å². The molecule has 0 aliphatic carbocycles. The highest BCUT2D eigenvalue weighted by Crippen LogP contribution is 2.35. The third-order valence-corrected chi connectivity index (χ3v) is 5.73. The van der Waals surface area contributed by atoms with Crippen LogP contribution in [0.4, 0.5) is 5.69 Å². The predicted octanol–water partition coefficient (Wildman–Crippen LogP) is 5.97. The van der Waals surface area contributed by atoms with E-state index in [1.807, 2.05) is 24.3 Å². The summed E-state index contributed by atoms with van der Waals surface area (Å²) in [6.45, 7) is 6.91. The van der Waals surface area contributed by atoms with E-state index in [0.717, 1.165) is 20.6 Å². The molecule has 1 aromatic heterocycles. The van der Waals surface area contributed by atoms with E-state index in [1.165, 1.54) is 16.6 Å². The van der Waals surface area contributed by atoms with E-state index >= 15 is 0 Å². The second-order valence-corrected chi connectivity index (χ2v) is 9.00. The topological polar surface area (TPSA) is 32.7 Å². The molecular formula is C19H19ClN2OS2. The minimum absolute atomic E-state index is 0.0254. The number of amides is 1. The van der Waals surface area contributed by atoms with Gasteiger partial charge in [-0.25, -0.2) is 4.99 Å². The standard InChI is InChI=1S/C19H19ClN2OS2/c1-12(2)11-22-18(23)17(10-16-9-4-13(3)24-16)25-19(22)21-15-7-5-14(20)6-8-15/h4-10,12H,11H2,1-3H3/b17-10-,21-19?. The summed E-state index contributed by atoms with van der Waals surface area (Å²) in [7, 11) is 0. The molecule has 2 heterocycles. The van der Waals surface area contributed by atoms with Crippen molar-refractivity contribution in [3.8, 4) is 0 Å². The van der Waals surface area contributed by atoms with Crippen molar-refractivity contribution in [3.63, 3.8) is 0 Å². The first kappa shape index (κ1) is 18.2. The average Bonchev–Trinajstić information content (AvgIpc) is 3.08. The number of aryl methyl sites for hydroxylation is 1. The smallest absolute Gasteiger partial charge is 0.266 e. The number of rotatable bonds is 4. The largest absolute Gasteiger partial charge is 0.286 e. The van der Waals surface area contributed by atoms with Crippen molar-refractivity contribution in [2.75, 3.05) is 6.54 Å². The van der Waals surface area contributed by atoms with Crippen molar-refractivity contribution in [3.05, 3.63) is 56.1 Å². The van der Waals surface area contributed by atoms with Gasteiger partial charge in [0.05, 0.1) is 10.6 Å². The van der Waals surface area contributed by atoms with Gasteiger partial charge in [-0.05, 0) is 67.1 Å². The maximum Gasteiger partial charge on any atom is 0.266 e. The fourth-order valence-electron chi connectivity index (χ4n) is 2.40.